The van der Waals surface area contributed by atoms with Crippen LogP contribution in [0.3, 0.4) is 0 Å². The van der Waals surface area contributed by atoms with Crippen LogP contribution in [-0.4, -0.2) is 35.2 Å². The van der Waals surface area contributed by atoms with E-state index < -0.39 is 23.8 Å². The molecule has 2 heterocycles. The van der Waals surface area contributed by atoms with Gasteiger partial charge in [0.2, 0.25) is 5.91 Å². The molecule has 3 aromatic carbocycles. The van der Waals surface area contributed by atoms with E-state index in [2.05, 4.69) is 4.98 Å². The number of pyridine rings is 1. The van der Waals surface area contributed by atoms with Crippen LogP contribution in [0.5, 0.6) is 5.75 Å². The van der Waals surface area contributed by atoms with Crippen LogP contribution in [0, 0.1) is 12.7 Å². The van der Waals surface area contributed by atoms with Crippen LogP contribution >= 0.6 is 0 Å². The van der Waals surface area contributed by atoms with E-state index in [4.69, 9.17) is 15.2 Å². The summed E-state index contributed by atoms with van der Waals surface area (Å²) in [4.78, 5) is 29.5. The monoisotopic (exact) mass is 502 g/mol. The maximum atomic E-state index is 14.9. The molecule has 4 aromatic rings. The van der Waals surface area contributed by atoms with Gasteiger partial charge in [-0.1, -0.05) is 19.4 Å². The number of aryl methyl sites for hydroxylation is 1. The third-order valence-electron chi connectivity index (χ3n) is 6.84. The lowest BCUT2D eigenvalue weighted by Gasteiger charge is -2.25. The minimum absolute atomic E-state index is 0.0173. The summed E-state index contributed by atoms with van der Waals surface area (Å²) in [5, 5.41) is 11.9. The van der Waals surface area contributed by atoms with Gasteiger partial charge in [-0.3, -0.25) is 9.78 Å². The molecular formula is C29H27FN2O5. The van der Waals surface area contributed by atoms with Crippen molar-refractivity contribution in [3.05, 3.63) is 70.7 Å². The summed E-state index contributed by atoms with van der Waals surface area (Å²) in [7, 11) is 0. The molecule has 0 unspecified atom stereocenters. The molecule has 1 aliphatic heterocycles. The molecule has 0 spiro atoms. The Labute approximate surface area is 213 Å². The Hall–Kier alpha value is -4.04. The van der Waals surface area contributed by atoms with Crippen molar-refractivity contribution < 1.29 is 28.6 Å². The number of carbonyl (C=O) groups is 2. The van der Waals surface area contributed by atoms with E-state index in [0.29, 0.717) is 63.7 Å². The van der Waals surface area contributed by atoms with Crippen LogP contribution in [0.2, 0.25) is 0 Å². The Balaban J connectivity index is 1.92. The molecule has 190 valence electrons. The lowest BCUT2D eigenvalue weighted by atomic mass is 9.84. The quantitative estimate of drug-likeness (QED) is 0.309. The van der Waals surface area contributed by atoms with Crippen molar-refractivity contribution in [3.8, 4) is 16.9 Å². The molecule has 1 aromatic heterocycles. The number of nitrogens with two attached hydrogens (primary N) is 1. The standard InChI is InChI=1S/C29H27FN2O5/c1-3-4-10-37-27(29(34)35)23-15(2)12-19-20(13-17(30)14-21(19)28(31)33)25(23)18-5-6-22-24-16(8-11-36-22)7-9-32-26(18)24/h5-7,9,12-14,27H,3-4,8,10-11H2,1-2H3,(H2,31,33)(H,34,35)/t27-/m1/s1. The Kier molecular flexibility index (Phi) is 6.52. The van der Waals surface area contributed by atoms with Crippen LogP contribution in [0.4, 0.5) is 4.39 Å². The Bertz CT molecular complexity index is 1560. The van der Waals surface area contributed by atoms with Gasteiger partial charge in [0, 0.05) is 41.3 Å². The van der Waals surface area contributed by atoms with Gasteiger partial charge in [-0.15, -0.1) is 0 Å². The lowest BCUT2D eigenvalue weighted by Crippen LogP contribution is -2.19. The van der Waals surface area contributed by atoms with E-state index in [0.717, 1.165) is 23.4 Å². The van der Waals surface area contributed by atoms with E-state index >= 15 is 0 Å². The van der Waals surface area contributed by atoms with E-state index in [1.54, 1.807) is 25.3 Å². The minimum atomic E-state index is -1.31. The van der Waals surface area contributed by atoms with Gasteiger partial charge in [-0.25, -0.2) is 9.18 Å². The Morgan fingerprint density at radius 1 is 1.22 bits per heavy atom. The van der Waals surface area contributed by atoms with Gasteiger partial charge in [0.1, 0.15) is 11.6 Å². The van der Waals surface area contributed by atoms with Crippen LogP contribution in [-0.2, 0) is 16.0 Å². The van der Waals surface area contributed by atoms with Crippen molar-refractivity contribution in [1.82, 2.24) is 4.98 Å². The van der Waals surface area contributed by atoms with E-state index in [1.807, 2.05) is 19.1 Å². The smallest absolute Gasteiger partial charge is 0.337 e. The molecule has 5 rings (SSSR count). The van der Waals surface area contributed by atoms with Gasteiger partial charge in [-0.05, 0) is 71.1 Å². The van der Waals surface area contributed by atoms with Crippen molar-refractivity contribution in [2.24, 2.45) is 5.73 Å². The zero-order chi connectivity index (χ0) is 26.3. The molecule has 0 radical (unpaired) electrons. The number of carboxylic acids is 1. The molecule has 1 amide bonds. The van der Waals surface area contributed by atoms with E-state index in [-0.39, 0.29) is 12.2 Å². The number of primary amides is 1. The normalized spacial score (nSPS) is 13.5. The highest BCUT2D eigenvalue weighted by molar-refractivity contribution is 6.14. The van der Waals surface area contributed by atoms with Gasteiger partial charge in [0.05, 0.1) is 12.1 Å². The largest absolute Gasteiger partial charge is 0.493 e. The number of carboxylic acid groups (broad SMARTS) is 1. The van der Waals surface area contributed by atoms with Gasteiger partial charge >= 0.3 is 5.97 Å². The number of ether oxygens (including phenoxy) is 2. The molecule has 1 atom stereocenters. The molecule has 37 heavy (non-hydrogen) atoms. The number of hydrogen-bond donors (Lipinski definition) is 2. The maximum absolute atomic E-state index is 14.9. The summed E-state index contributed by atoms with van der Waals surface area (Å²) < 4.78 is 26.7. The van der Waals surface area contributed by atoms with Crippen LogP contribution in [0.15, 0.2) is 42.6 Å². The molecule has 3 N–H and O–H groups in total. The lowest BCUT2D eigenvalue weighted by molar-refractivity contribution is -0.151. The number of rotatable bonds is 8. The fraction of sp³-hybridized carbons (Fsp3) is 0.276. The second-order valence-electron chi connectivity index (χ2n) is 9.24. The topological polar surface area (TPSA) is 112 Å². The van der Waals surface area contributed by atoms with Crippen molar-refractivity contribution in [2.75, 3.05) is 13.2 Å². The number of hydrogen-bond acceptors (Lipinski definition) is 5. The number of halogens is 1. The second-order valence-corrected chi connectivity index (χ2v) is 9.24. The van der Waals surface area contributed by atoms with Crippen molar-refractivity contribution in [1.29, 1.82) is 0 Å². The first kappa shape index (κ1) is 24.6. The van der Waals surface area contributed by atoms with Crippen molar-refractivity contribution in [3.63, 3.8) is 0 Å². The second kappa shape index (κ2) is 9.78. The number of aliphatic carboxylic acids is 1. The molecule has 0 saturated carbocycles. The van der Waals surface area contributed by atoms with E-state index in [9.17, 15) is 19.1 Å². The van der Waals surface area contributed by atoms with Gasteiger partial charge in [0.25, 0.3) is 0 Å². The van der Waals surface area contributed by atoms with Crippen LogP contribution < -0.4 is 10.5 Å². The molecule has 0 bridgehead atoms. The molecular weight excluding hydrogens is 475 g/mol. The zero-order valence-corrected chi connectivity index (χ0v) is 20.6. The fourth-order valence-electron chi connectivity index (χ4n) is 5.18. The van der Waals surface area contributed by atoms with Crippen molar-refractivity contribution >= 4 is 33.6 Å². The van der Waals surface area contributed by atoms with Crippen LogP contribution in [0.25, 0.3) is 32.8 Å². The first-order valence-electron chi connectivity index (χ1n) is 12.3. The summed E-state index contributed by atoms with van der Waals surface area (Å²) in [6.45, 7) is 4.54. The highest BCUT2D eigenvalue weighted by Gasteiger charge is 2.30. The summed E-state index contributed by atoms with van der Waals surface area (Å²) in [5.74, 6) is -1.91. The predicted octanol–water partition coefficient (Wildman–Crippen LogP) is 5.48. The summed E-state index contributed by atoms with van der Waals surface area (Å²) in [6, 6.07) is 9.64. The number of fused-ring (bicyclic) bond motifs is 1. The number of amides is 1. The number of nitrogens with zero attached hydrogens (tertiary/aromatic N) is 1. The van der Waals surface area contributed by atoms with Crippen molar-refractivity contribution in [2.45, 2.75) is 39.2 Å². The summed E-state index contributed by atoms with van der Waals surface area (Å²) in [5.41, 5.74) is 9.31. The molecule has 8 heteroatoms. The van der Waals surface area contributed by atoms with Gasteiger partial charge in [0.15, 0.2) is 6.10 Å². The molecule has 0 fully saturated rings. The van der Waals surface area contributed by atoms with E-state index in [1.165, 1.54) is 6.07 Å². The number of benzene rings is 3. The fourth-order valence-corrected chi connectivity index (χ4v) is 5.18. The number of carbonyl (C=O) groups excluding carboxylic acids is 1. The first-order valence-corrected chi connectivity index (χ1v) is 12.3. The average Bonchev–Trinajstić information content (AvgIpc) is 2.87. The molecule has 0 aliphatic carbocycles. The van der Waals surface area contributed by atoms with Gasteiger partial charge < -0.3 is 20.3 Å². The molecule has 1 aliphatic rings. The predicted molar refractivity (Wildman–Crippen MR) is 138 cm³/mol. The number of aromatic nitrogens is 1. The molecule has 0 saturated heterocycles. The summed E-state index contributed by atoms with van der Waals surface area (Å²) in [6.07, 6.45) is 2.62. The SMILES string of the molecule is CCCCO[C@@H](C(=O)O)c1c(C)cc2c(C(N)=O)cc(F)cc2c1-c1ccc2c3c(ccnc13)CCO2. The Morgan fingerprint density at radius 2 is 2.03 bits per heavy atom. The highest BCUT2D eigenvalue weighted by atomic mass is 19.1. The third-order valence-corrected chi connectivity index (χ3v) is 6.84. The molecule has 7 nitrogen and oxygen atoms in total. The summed E-state index contributed by atoms with van der Waals surface area (Å²) >= 11 is 0. The first-order chi connectivity index (χ1) is 17.8. The van der Waals surface area contributed by atoms with Crippen LogP contribution in [0.1, 0.15) is 52.9 Å². The third kappa shape index (κ3) is 4.27. The average molecular weight is 503 g/mol. The number of unbranched alkanes of at least 4 members (excludes halogenated alkanes) is 1. The maximum Gasteiger partial charge on any atom is 0.337 e. The zero-order valence-electron chi connectivity index (χ0n) is 20.6. The van der Waals surface area contributed by atoms with Gasteiger partial charge in [-0.2, -0.15) is 0 Å². The Morgan fingerprint density at radius 3 is 2.76 bits per heavy atom. The minimum Gasteiger partial charge on any atom is -0.493 e. The highest BCUT2D eigenvalue weighted by Crippen LogP contribution is 2.45.